The van der Waals surface area contributed by atoms with E-state index in [0.29, 0.717) is 0 Å². The second-order valence-corrected chi connectivity index (χ2v) is 4.90. The van der Waals surface area contributed by atoms with Gasteiger partial charge in [-0.05, 0) is 37.5 Å². The molecule has 3 atom stereocenters. The Hall–Kier alpha value is -0.0800. The maximum Gasteiger partial charge on any atom is 0.0992 e. The van der Waals surface area contributed by atoms with Crippen molar-refractivity contribution in [2.75, 3.05) is 19.9 Å². The van der Waals surface area contributed by atoms with Gasteiger partial charge >= 0.3 is 0 Å². The Morgan fingerprint density at radius 1 is 1.00 bits per heavy atom. The molecule has 0 aromatic heterocycles. The van der Waals surface area contributed by atoms with Gasteiger partial charge in [-0.25, -0.2) is 0 Å². The lowest BCUT2D eigenvalue weighted by Crippen LogP contribution is -2.56. The molecule has 3 rings (SSSR count). The molecule has 2 heterocycles. The van der Waals surface area contributed by atoms with E-state index in [2.05, 4.69) is 4.90 Å². The van der Waals surface area contributed by atoms with Gasteiger partial charge in [0.15, 0.2) is 0 Å². The summed E-state index contributed by atoms with van der Waals surface area (Å²) in [6, 6.07) is 0.899. The summed E-state index contributed by atoms with van der Waals surface area (Å²) in [6.45, 7) is 3.24. The second-order valence-electron chi connectivity index (χ2n) is 4.90. The largest absolute Gasteiger partial charge is 0.366 e. The fourth-order valence-corrected chi connectivity index (χ4v) is 3.64. The highest BCUT2D eigenvalue weighted by atomic mass is 16.5. The number of piperidine rings is 1. The molecule has 2 nitrogen and oxygen atoms in total. The van der Waals surface area contributed by atoms with Crippen molar-refractivity contribution in [3.05, 3.63) is 0 Å². The van der Waals surface area contributed by atoms with E-state index in [1.165, 1.54) is 38.6 Å². The molecule has 3 fully saturated rings. The molecule has 1 aliphatic carbocycles. The van der Waals surface area contributed by atoms with Gasteiger partial charge in [-0.1, -0.05) is 6.42 Å². The summed E-state index contributed by atoms with van der Waals surface area (Å²) in [6.07, 6.45) is 7.23. The molecule has 13 heavy (non-hydrogen) atoms. The summed E-state index contributed by atoms with van der Waals surface area (Å²) >= 11 is 0. The van der Waals surface area contributed by atoms with E-state index < -0.39 is 0 Å². The third-order valence-corrected chi connectivity index (χ3v) is 4.15. The topological polar surface area (TPSA) is 12.5 Å². The highest BCUT2D eigenvalue weighted by Crippen LogP contribution is 2.40. The van der Waals surface area contributed by atoms with Crippen LogP contribution in [-0.2, 0) is 4.74 Å². The molecule has 0 aromatic carbocycles. The zero-order chi connectivity index (χ0) is 8.67. The van der Waals surface area contributed by atoms with Crippen LogP contribution < -0.4 is 0 Å². The van der Waals surface area contributed by atoms with Crippen molar-refractivity contribution in [3.8, 4) is 0 Å². The molecule has 3 unspecified atom stereocenters. The molecular weight excluding hydrogens is 162 g/mol. The summed E-state index contributed by atoms with van der Waals surface area (Å²) in [5, 5.41) is 0. The summed E-state index contributed by atoms with van der Waals surface area (Å²) in [5.74, 6) is 1.88. The van der Waals surface area contributed by atoms with Gasteiger partial charge in [0.25, 0.3) is 0 Å². The third kappa shape index (κ3) is 1.31. The summed E-state index contributed by atoms with van der Waals surface area (Å²) < 4.78 is 5.65. The van der Waals surface area contributed by atoms with E-state index in [1.54, 1.807) is 0 Å². The monoisotopic (exact) mass is 181 g/mol. The van der Waals surface area contributed by atoms with Crippen LogP contribution in [0.5, 0.6) is 0 Å². The molecule has 0 N–H and O–H groups in total. The minimum Gasteiger partial charge on any atom is -0.366 e. The zero-order valence-corrected chi connectivity index (χ0v) is 8.24. The van der Waals surface area contributed by atoms with Gasteiger partial charge < -0.3 is 4.74 Å². The molecule has 0 aromatic rings. The van der Waals surface area contributed by atoms with E-state index in [4.69, 9.17) is 4.74 Å². The van der Waals surface area contributed by atoms with Gasteiger partial charge in [0.2, 0.25) is 0 Å². The molecule has 74 valence electrons. The zero-order valence-electron chi connectivity index (χ0n) is 8.24. The van der Waals surface area contributed by atoms with Gasteiger partial charge in [-0.2, -0.15) is 0 Å². The van der Waals surface area contributed by atoms with Gasteiger partial charge in [0.1, 0.15) is 0 Å². The van der Waals surface area contributed by atoms with E-state index >= 15 is 0 Å². The van der Waals surface area contributed by atoms with Crippen LogP contribution in [0, 0.1) is 11.8 Å². The molecule has 0 spiro atoms. The molecule has 2 heteroatoms. The van der Waals surface area contributed by atoms with Crippen LogP contribution in [0.4, 0.5) is 0 Å². The Labute approximate surface area is 80.2 Å². The van der Waals surface area contributed by atoms with E-state index in [9.17, 15) is 0 Å². The highest BCUT2D eigenvalue weighted by molar-refractivity contribution is 4.93. The number of ether oxygens (including phenoxy) is 1. The maximum absolute atomic E-state index is 5.65. The molecule has 3 aliphatic rings. The fraction of sp³-hybridized carbons (Fsp3) is 1.00. The fourth-order valence-electron chi connectivity index (χ4n) is 3.64. The van der Waals surface area contributed by atoms with Crippen molar-refractivity contribution in [3.63, 3.8) is 0 Å². The highest BCUT2D eigenvalue weighted by Gasteiger charge is 2.41. The predicted octanol–water partition coefficient (Wildman–Crippen LogP) is 1.85. The normalized spacial score (nSPS) is 45.7. The van der Waals surface area contributed by atoms with Crippen molar-refractivity contribution in [2.24, 2.45) is 11.8 Å². The Morgan fingerprint density at radius 3 is 2.85 bits per heavy atom. The van der Waals surface area contributed by atoms with Crippen LogP contribution in [0.3, 0.4) is 0 Å². The number of rotatable bonds is 0. The first-order chi connectivity index (χ1) is 6.45. The van der Waals surface area contributed by atoms with Gasteiger partial charge in [0.05, 0.1) is 13.3 Å². The van der Waals surface area contributed by atoms with Crippen LogP contribution in [0.1, 0.15) is 32.1 Å². The van der Waals surface area contributed by atoms with Crippen LogP contribution in [-0.4, -0.2) is 30.8 Å². The standard InChI is InChI=1S/C11H19NO/c1-3-9-5-2-6-12-8-13-7-10(4-1)11(9)12/h9-11H,1-8H2. The van der Waals surface area contributed by atoms with Crippen molar-refractivity contribution in [2.45, 2.75) is 38.1 Å². The first-order valence-corrected chi connectivity index (χ1v) is 5.77. The van der Waals surface area contributed by atoms with Crippen molar-refractivity contribution >= 4 is 0 Å². The van der Waals surface area contributed by atoms with Crippen LogP contribution in [0.15, 0.2) is 0 Å². The lowest BCUT2D eigenvalue weighted by Gasteiger charge is -2.51. The summed E-state index contributed by atoms with van der Waals surface area (Å²) in [7, 11) is 0. The molecule has 2 saturated heterocycles. The predicted molar refractivity (Wildman–Crippen MR) is 51.4 cm³/mol. The van der Waals surface area contributed by atoms with Gasteiger partial charge in [0, 0.05) is 12.6 Å². The average Bonchev–Trinajstić information content (AvgIpc) is 2.19. The van der Waals surface area contributed by atoms with Crippen molar-refractivity contribution in [1.29, 1.82) is 0 Å². The van der Waals surface area contributed by atoms with Crippen molar-refractivity contribution < 1.29 is 4.74 Å². The van der Waals surface area contributed by atoms with Gasteiger partial charge in [-0.15, -0.1) is 0 Å². The minimum absolute atomic E-state index is 0.868. The van der Waals surface area contributed by atoms with Crippen LogP contribution in [0.2, 0.25) is 0 Å². The second kappa shape index (κ2) is 3.25. The maximum atomic E-state index is 5.65. The van der Waals surface area contributed by atoms with Crippen LogP contribution in [0.25, 0.3) is 0 Å². The average molecular weight is 181 g/mol. The molecular formula is C11H19NO. The Balaban J connectivity index is 1.82. The minimum atomic E-state index is 0.868. The van der Waals surface area contributed by atoms with E-state index in [-0.39, 0.29) is 0 Å². The quantitative estimate of drug-likeness (QED) is 0.565. The number of hydrogen-bond acceptors (Lipinski definition) is 2. The summed E-state index contributed by atoms with van der Waals surface area (Å²) in [4.78, 5) is 2.60. The molecule has 1 saturated carbocycles. The van der Waals surface area contributed by atoms with E-state index in [0.717, 1.165) is 31.2 Å². The third-order valence-electron chi connectivity index (χ3n) is 4.15. The number of hydrogen-bond donors (Lipinski definition) is 0. The van der Waals surface area contributed by atoms with Crippen LogP contribution >= 0.6 is 0 Å². The lowest BCUT2D eigenvalue weighted by molar-refractivity contribution is -0.128. The Bertz CT molecular complexity index is 149. The first-order valence-electron chi connectivity index (χ1n) is 5.77. The first kappa shape index (κ1) is 8.25. The van der Waals surface area contributed by atoms with Gasteiger partial charge in [-0.3, -0.25) is 4.90 Å². The lowest BCUT2D eigenvalue weighted by atomic mass is 9.72. The molecule has 2 aliphatic heterocycles. The Morgan fingerprint density at radius 2 is 1.85 bits per heavy atom. The molecule has 0 amide bonds. The van der Waals surface area contributed by atoms with Crippen molar-refractivity contribution in [1.82, 2.24) is 4.90 Å². The Kier molecular flexibility index (Phi) is 2.06. The smallest absolute Gasteiger partial charge is 0.0992 e. The SMILES string of the molecule is C1CC2CCCN3COCC(C1)C23. The molecule has 0 bridgehead atoms. The number of nitrogens with zero attached hydrogens (tertiary/aromatic N) is 1. The molecule has 0 radical (unpaired) electrons. The summed E-state index contributed by atoms with van der Waals surface area (Å²) in [5.41, 5.74) is 0. The van der Waals surface area contributed by atoms with E-state index in [1.807, 2.05) is 0 Å².